The molecular weight excluding hydrogens is 1400 g/mol. The van der Waals surface area contributed by atoms with Gasteiger partial charge in [-0.25, -0.2) is 38.7 Å². The Morgan fingerprint density at radius 3 is 0.781 bits per heavy atom. The van der Waals surface area contributed by atoms with Crippen LogP contribution in [0.5, 0.6) is 0 Å². The normalized spacial score (nSPS) is 11.6. The first kappa shape index (κ1) is 66.8. The van der Waals surface area contributed by atoms with E-state index in [4.69, 9.17) is 29.9 Å². The third-order valence-electron chi connectivity index (χ3n) is 21.7. The SMILES string of the molecule is Fc1cc(-c2nc(-c3ccccc3)nc(-c3ccccc3)n2)ccc1-n1c2ccccc2c2cc(-c3ccc4c(c3)c3ccccc3n4-c3ccccc3)ccc21.Fc1cc(-n2c3ccccc3c3cc(-c4ccc5c(c4)c4ccccc4n5-c4ccccc4)ccc32)ccc1-c1nc(-c2ccccc2)nc(-c2ccccc2)n1. The van der Waals surface area contributed by atoms with Crippen molar-refractivity contribution in [3.63, 3.8) is 0 Å². The molecule has 22 aromatic rings. The van der Waals surface area contributed by atoms with Gasteiger partial charge in [0.15, 0.2) is 34.9 Å². The molecule has 0 spiro atoms. The average Bonchev–Trinajstić information content (AvgIpc) is 1.58. The quantitative estimate of drug-likeness (QED) is 0.121. The van der Waals surface area contributed by atoms with E-state index in [1.165, 1.54) is 44.2 Å². The van der Waals surface area contributed by atoms with E-state index in [1.54, 1.807) is 12.1 Å². The largest absolute Gasteiger partial charge is 0.309 e. The number of nitrogens with zero attached hydrogens (tertiary/aromatic N) is 10. The molecular formula is C102H64F2N10. The summed E-state index contributed by atoms with van der Waals surface area (Å²) in [6.45, 7) is 0. The first-order chi connectivity index (χ1) is 56.3. The van der Waals surface area contributed by atoms with E-state index in [2.05, 4.69) is 220 Å². The van der Waals surface area contributed by atoms with E-state index in [1.807, 2.05) is 168 Å². The molecule has 0 amide bonds. The van der Waals surface area contributed by atoms with E-state index in [0.717, 1.165) is 105 Å². The maximum Gasteiger partial charge on any atom is 0.167 e. The smallest absolute Gasteiger partial charge is 0.167 e. The molecule has 0 aliphatic carbocycles. The number of para-hydroxylation sites is 6. The predicted octanol–water partition coefficient (Wildman–Crippen LogP) is 25.7. The topological polar surface area (TPSA) is 97.1 Å². The maximum absolute atomic E-state index is 16.7. The zero-order valence-corrected chi connectivity index (χ0v) is 61.2. The Kier molecular flexibility index (Phi) is 16.4. The maximum atomic E-state index is 16.7. The van der Waals surface area contributed by atoms with Gasteiger partial charge in [-0.05, 0) is 156 Å². The van der Waals surface area contributed by atoms with Crippen LogP contribution in [-0.4, -0.2) is 48.2 Å². The summed E-state index contributed by atoms with van der Waals surface area (Å²) in [4.78, 5) is 28.8. The van der Waals surface area contributed by atoms with Crippen molar-refractivity contribution in [3.8, 4) is 113 Å². The molecule has 6 aromatic heterocycles. The fourth-order valence-corrected chi connectivity index (χ4v) is 16.4. The zero-order valence-electron chi connectivity index (χ0n) is 61.2. The molecule has 6 heterocycles. The highest BCUT2D eigenvalue weighted by molar-refractivity contribution is 6.15. The van der Waals surface area contributed by atoms with Gasteiger partial charge in [0.25, 0.3) is 0 Å². The molecule has 0 fully saturated rings. The van der Waals surface area contributed by atoms with Crippen molar-refractivity contribution < 1.29 is 8.78 Å². The lowest BCUT2D eigenvalue weighted by molar-refractivity contribution is 0.621. The van der Waals surface area contributed by atoms with Gasteiger partial charge >= 0.3 is 0 Å². The van der Waals surface area contributed by atoms with E-state index >= 15 is 8.78 Å². The van der Waals surface area contributed by atoms with Gasteiger partial charge in [0.1, 0.15) is 11.6 Å². The Labute approximate surface area is 653 Å². The molecule has 536 valence electrons. The number of aromatic nitrogens is 10. The highest BCUT2D eigenvalue weighted by Crippen LogP contribution is 2.43. The van der Waals surface area contributed by atoms with Crippen LogP contribution in [-0.2, 0) is 0 Å². The third kappa shape index (κ3) is 11.7. The second-order valence-electron chi connectivity index (χ2n) is 28.4. The summed E-state index contributed by atoms with van der Waals surface area (Å²) in [5, 5.41) is 9.12. The van der Waals surface area contributed by atoms with Crippen LogP contribution in [0.25, 0.3) is 201 Å². The van der Waals surface area contributed by atoms with Crippen LogP contribution in [0, 0.1) is 11.6 Å². The van der Waals surface area contributed by atoms with Gasteiger partial charge in [-0.3, -0.25) is 0 Å². The Hall–Kier alpha value is -15.4. The summed E-state index contributed by atoms with van der Waals surface area (Å²) < 4.78 is 42.0. The molecule has 16 aromatic carbocycles. The number of hydrogen-bond donors (Lipinski definition) is 0. The second kappa shape index (κ2) is 27.9. The first-order valence-electron chi connectivity index (χ1n) is 37.9. The van der Waals surface area contributed by atoms with Crippen LogP contribution in [0.1, 0.15) is 0 Å². The summed E-state index contributed by atoms with van der Waals surface area (Å²) in [6, 6.07) is 131. The van der Waals surface area contributed by atoms with E-state index in [0.29, 0.717) is 51.6 Å². The van der Waals surface area contributed by atoms with Gasteiger partial charge in [0, 0.05) is 88.0 Å². The van der Waals surface area contributed by atoms with Crippen LogP contribution in [0.15, 0.2) is 388 Å². The average molecular weight is 1470 g/mol. The molecule has 0 bridgehead atoms. The summed E-state index contributed by atoms with van der Waals surface area (Å²) in [6.07, 6.45) is 0. The molecule has 0 atom stereocenters. The lowest BCUT2D eigenvalue weighted by Crippen LogP contribution is -2.02. The van der Waals surface area contributed by atoms with Gasteiger partial charge in [-0.15, -0.1) is 0 Å². The highest BCUT2D eigenvalue weighted by Gasteiger charge is 2.24. The third-order valence-corrected chi connectivity index (χ3v) is 21.7. The fourth-order valence-electron chi connectivity index (χ4n) is 16.4. The molecule has 114 heavy (non-hydrogen) atoms. The lowest BCUT2D eigenvalue weighted by Gasteiger charge is -2.12. The number of fused-ring (bicyclic) bond motifs is 12. The van der Waals surface area contributed by atoms with Gasteiger partial charge in [-0.2, -0.15) is 0 Å². The van der Waals surface area contributed by atoms with Crippen LogP contribution >= 0.6 is 0 Å². The van der Waals surface area contributed by atoms with Crippen molar-refractivity contribution in [2.75, 3.05) is 0 Å². The minimum absolute atomic E-state index is 0.280. The number of rotatable bonds is 12. The Bertz CT molecular complexity index is 7370. The monoisotopic (exact) mass is 1470 g/mol. The first-order valence-corrected chi connectivity index (χ1v) is 37.9. The van der Waals surface area contributed by atoms with Gasteiger partial charge < -0.3 is 18.3 Å². The summed E-state index contributed by atoms with van der Waals surface area (Å²) in [5.74, 6) is 1.94. The Morgan fingerprint density at radius 1 is 0.167 bits per heavy atom. The van der Waals surface area contributed by atoms with E-state index in [-0.39, 0.29) is 11.6 Å². The summed E-state index contributed by atoms with van der Waals surface area (Å²) in [5.41, 5.74) is 20.7. The van der Waals surface area contributed by atoms with Crippen molar-refractivity contribution in [2.24, 2.45) is 0 Å². The highest BCUT2D eigenvalue weighted by atomic mass is 19.1. The van der Waals surface area contributed by atoms with E-state index < -0.39 is 5.82 Å². The molecule has 0 saturated carbocycles. The Balaban J connectivity index is 0.000000143. The molecule has 10 nitrogen and oxygen atoms in total. The molecule has 0 saturated heterocycles. The van der Waals surface area contributed by atoms with Crippen molar-refractivity contribution in [1.82, 2.24) is 48.2 Å². The van der Waals surface area contributed by atoms with Gasteiger partial charge in [-0.1, -0.05) is 255 Å². The molecule has 22 rings (SSSR count). The molecule has 0 aliphatic rings. The predicted molar refractivity (Wildman–Crippen MR) is 460 cm³/mol. The zero-order chi connectivity index (χ0) is 75.7. The molecule has 12 heteroatoms. The van der Waals surface area contributed by atoms with E-state index in [9.17, 15) is 0 Å². The lowest BCUT2D eigenvalue weighted by atomic mass is 10.0. The molecule has 0 N–H and O–H groups in total. The van der Waals surface area contributed by atoms with Gasteiger partial charge in [0.2, 0.25) is 0 Å². The van der Waals surface area contributed by atoms with Crippen LogP contribution < -0.4 is 0 Å². The van der Waals surface area contributed by atoms with Crippen LogP contribution in [0.4, 0.5) is 8.78 Å². The molecule has 0 unspecified atom stereocenters. The Morgan fingerprint density at radius 2 is 0.439 bits per heavy atom. The van der Waals surface area contributed by atoms with Crippen molar-refractivity contribution in [2.45, 2.75) is 0 Å². The van der Waals surface area contributed by atoms with Crippen LogP contribution in [0.3, 0.4) is 0 Å². The van der Waals surface area contributed by atoms with Crippen molar-refractivity contribution in [3.05, 3.63) is 400 Å². The minimum Gasteiger partial charge on any atom is -0.309 e. The number of benzene rings is 16. The minimum atomic E-state index is -0.415. The molecule has 0 radical (unpaired) electrons. The fraction of sp³-hybridized carbons (Fsp3) is 0. The van der Waals surface area contributed by atoms with Crippen molar-refractivity contribution in [1.29, 1.82) is 0 Å². The standard InChI is InChI=1S/2C51H32FN5/c52-44-32-38(26-27-41(44)51-54-49(33-14-4-1-5-15-33)53-50(55-51)34-16-6-2-7-17-34)57-46-23-13-11-21-40(46)43-31-36(25-29-48(43)57)35-24-28-47-42(30-35)39-20-10-12-22-45(39)56(47)37-18-8-3-9-19-37;52-43-32-37(51-54-49(33-14-4-1-5-15-33)53-50(55-51)34-16-6-2-7-17-34)26-29-48(43)57-45-23-13-11-21-40(45)42-31-36(25-28-47(42)57)35-24-27-46-41(30-35)39-20-10-12-22-44(39)56(46)38-18-8-3-9-19-38/h2*1-32H. The van der Waals surface area contributed by atoms with Gasteiger partial charge in [0.05, 0.1) is 55.4 Å². The summed E-state index contributed by atoms with van der Waals surface area (Å²) in [7, 11) is 0. The molecule has 0 aliphatic heterocycles. The number of hydrogen-bond acceptors (Lipinski definition) is 6. The van der Waals surface area contributed by atoms with Crippen LogP contribution in [0.2, 0.25) is 0 Å². The summed E-state index contributed by atoms with van der Waals surface area (Å²) >= 11 is 0. The van der Waals surface area contributed by atoms with Crippen molar-refractivity contribution >= 4 is 87.2 Å². The number of halogens is 2. The second-order valence-corrected chi connectivity index (χ2v) is 28.4.